The number of Topliss-reactive ketones (excluding diaryl/α,β-unsaturated/α-hetero) is 1. The highest BCUT2D eigenvalue weighted by Crippen LogP contribution is 2.16. The Balaban J connectivity index is 2.04. The molecule has 19 heavy (non-hydrogen) atoms. The van der Waals surface area contributed by atoms with Gasteiger partial charge in [0.15, 0.2) is 10.9 Å². The largest absolute Gasteiger partial charge is 0.293 e. The highest BCUT2D eigenvalue weighted by Gasteiger charge is 2.09. The first kappa shape index (κ1) is 13.7. The van der Waals surface area contributed by atoms with E-state index in [1.54, 1.807) is 6.07 Å². The number of ketones is 1. The van der Waals surface area contributed by atoms with E-state index in [2.05, 4.69) is 9.97 Å². The molecule has 0 amide bonds. The number of aromatic nitrogens is 2. The van der Waals surface area contributed by atoms with Crippen LogP contribution in [0.5, 0.6) is 0 Å². The maximum Gasteiger partial charge on any atom is 0.188 e. The molecule has 0 aliphatic heterocycles. The van der Waals surface area contributed by atoms with E-state index in [4.69, 9.17) is 0 Å². The zero-order valence-electron chi connectivity index (χ0n) is 10.7. The van der Waals surface area contributed by atoms with Crippen LogP contribution in [0.3, 0.4) is 0 Å². The van der Waals surface area contributed by atoms with Crippen LogP contribution in [0, 0.1) is 19.7 Å². The Labute approximate surface area is 115 Å². The summed E-state index contributed by atoms with van der Waals surface area (Å²) in [5.74, 6) is -0.336. The molecule has 0 bridgehead atoms. The molecule has 1 aromatic heterocycles. The zero-order valence-corrected chi connectivity index (χ0v) is 11.5. The third-order valence-electron chi connectivity index (χ3n) is 2.44. The lowest BCUT2D eigenvalue weighted by Gasteiger charge is -2.03. The number of hydrogen-bond acceptors (Lipinski definition) is 4. The Hall–Kier alpha value is -1.75. The third kappa shape index (κ3) is 3.86. The third-order valence-corrected chi connectivity index (χ3v) is 3.29. The number of halogens is 1. The minimum atomic E-state index is -0.404. The Bertz CT molecular complexity index is 596. The van der Waals surface area contributed by atoms with E-state index in [-0.39, 0.29) is 11.5 Å². The number of thioether (sulfide) groups is 1. The van der Waals surface area contributed by atoms with Gasteiger partial charge in [-0.1, -0.05) is 23.9 Å². The molecule has 98 valence electrons. The van der Waals surface area contributed by atoms with Crippen molar-refractivity contribution in [3.05, 3.63) is 53.1 Å². The van der Waals surface area contributed by atoms with Crippen molar-refractivity contribution in [2.24, 2.45) is 0 Å². The number of aryl methyl sites for hydroxylation is 2. The van der Waals surface area contributed by atoms with E-state index in [0.29, 0.717) is 10.7 Å². The van der Waals surface area contributed by atoms with Crippen molar-refractivity contribution in [3.63, 3.8) is 0 Å². The van der Waals surface area contributed by atoms with Crippen molar-refractivity contribution in [2.75, 3.05) is 5.75 Å². The average Bonchev–Trinajstić information content (AvgIpc) is 2.35. The van der Waals surface area contributed by atoms with E-state index in [9.17, 15) is 9.18 Å². The first-order valence-electron chi connectivity index (χ1n) is 5.78. The number of carbonyl (C=O) groups is 1. The molecule has 2 aromatic rings. The fourth-order valence-corrected chi connectivity index (χ4v) is 2.48. The molecule has 5 heteroatoms. The van der Waals surface area contributed by atoms with Crippen LogP contribution in [0.15, 0.2) is 35.5 Å². The van der Waals surface area contributed by atoms with Gasteiger partial charge in [-0.05, 0) is 32.0 Å². The normalized spacial score (nSPS) is 10.5. The monoisotopic (exact) mass is 276 g/mol. The fourth-order valence-electron chi connectivity index (χ4n) is 1.63. The smallest absolute Gasteiger partial charge is 0.188 e. The van der Waals surface area contributed by atoms with Gasteiger partial charge in [-0.25, -0.2) is 14.4 Å². The summed E-state index contributed by atoms with van der Waals surface area (Å²) in [4.78, 5) is 20.4. The van der Waals surface area contributed by atoms with Gasteiger partial charge in [0.05, 0.1) is 5.75 Å². The van der Waals surface area contributed by atoms with Crippen LogP contribution in [0.2, 0.25) is 0 Å². The highest BCUT2D eigenvalue weighted by atomic mass is 32.2. The molecule has 0 N–H and O–H groups in total. The lowest BCUT2D eigenvalue weighted by atomic mass is 10.1. The Morgan fingerprint density at radius 3 is 2.53 bits per heavy atom. The van der Waals surface area contributed by atoms with Crippen LogP contribution in [0.1, 0.15) is 21.7 Å². The first-order valence-corrected chi connectivity index (χ1v) is 6.77. The van der Waals surface area contributed by atoms with E-state index >= 15 is 0 Å². The lowest BCUT2D eigenvalue weighted by molar-refractivity contribution is 0.102. The molecule has 2 rings (SSSR count). The van der Waals surface area contributed by atoms with Crippen LogP contribution in [-0.4, -0.2) is 21.5 Å². The summed E-state index contributed by atoms with van der Waals surface area (Å²) in [5, 5.41) is 0.572. The van der Waals surface area contributed by atoms with E-state index < -0.39 is 5.82 Å². The molecular weight excluding hydrogens is 263 g/mol. The van der Waals surface area contributed by atoms with Gasteiger partial charge < -0.3 is 0 Å². The van der Waals surface area contributed by atoms with Crippen LogP contribution in [0.25, 0.3) is 0 Å². The molecule has 3 nitrogen and oxygen atoms in total. The summed E-state index contributed by atoms with van der Waals surface area (Å²) < 4.78 is 13.0. The summed E-state index contributed by atoms with van der Waals surface area (Å²) in [6.07, 6.45) is 0. The van der Waals surface area contributed by atoms with Gasteiger partial charge in [0.2, 0.25) is 0 Å². The molecule has 0 fully saturated rings. The average molecular weight is 276 g/mol. The highest BCUT2D eigenvalue weighted by molar-refractivity contribution is 7.99. The van der Waals surface area contributed by atoms with Gasteiger partial charge in [-0.3, -0.25) is 4.79 Å². The summed E-state index contributed by atoms with van der Waals surface area (Å²) in [6, 6.07) is 7.56. The molecule has 1 aromatic carbocycles. The predicted octanol–water partition coefficient (Wildman–Crippen LogP) is 3.21. The van der Waals surface area contributed by atoms with E-state index in [0.717, 1.165) is 11.4 Å². The Morgan fingerprint density at radius 2 is 1.89 bits per heavy atom. The first-order chi connectivity index (χ1) is 9.04. The van der Waals surface area contributed by atoms with Gasteiger partial charge in [-0.2, -0.15) is 0 Å². The molecule has 0 radical (unpaired) electrons. The maximum absolute atomic E-state index is 13.0. The van der Waals surface area contributed by atoms with Crippen molar-refractivity contribution in [2.45, 2.75) is 19.0 Å². The SMILES string of the molecule is Cc1cc(C)nc(SCC(=O)c2cccc(F)c2)n1. The maximum atomic E-state index is 13.0. The topological polar surface area (TPSA) is 42.9 Å². The molecule has 0 aliphatic carbocycles. The number of carbonyl (C=O) groups excluding carboxylic acids is 1. The summed E-state index contributed by atoms with van der Waals surface area (Å²) in [7, 11) is 0. The van der Waals surface area contributed by atoms with Crippen LogP contribution in [0.4, 0.5) is 4.39 Å². The molecule has 0 unspecified atom stereocenters. The summed E-state index contributed by atoms with van der Waals surface area (Å²) in [5.41, 5.74) is 2.11. The second-order valence-electron chi connectivity index (χ2n) is 4.16. The second kappa shape index (κ2) is 5.93. The fraction of sp³-hybridized carbons (Fsp3) is 0.214. The molecule has 0 spiro atoms. The summed E-state index contributed by atoms with van der Waals surface area (Å²) in [6.45, 7) is 3.76. The molecule has 0 saturated heterocycles. The second-order valence-corrected chi connectivity index (χ2v) is 5.10. The zero-order chi connectivity index (χ0) is 13.8. The van der Waals surface area contributed by atoms with Gasteiger partial charge in [0, 0.05) is 17.0 Å². The Morgan fingerprint density at radius 1 is 1.21 bits per heavy atom. The predicted molar refractivity (Wildman–Crippen MR) is 73.0 cm³/mol. The van der Waals surface area contributed by atoms with Crippen LogP contribution in [-0.2, 0) is 0 Å². The van der Waals surface area contributed by atoms with Gasteiger partial charge in [-0.15, -0.1) is 0 Å². The van der Waals surface area contributed by atoms with E-state index in [1.807, 2.05) is 19.9 Å². The van der Waals surface area contributed by atoms with Crippen molar-refractivity contribution in [1.29, 1.82) is 0 Å². The van der Waals surface area contributed by atoms with Crippen LogP contribution >= 0.6 is 11.8 Å². The molecule has 0 aliphatic rings. The minimum Gasteiger partial charge on any atom is -0.293 e. The number of hydrogen-bond donors (Lipinski definition) is 0. The van der Waals surface area contributed by atoms with Crippen LogP contribution < -0.4 is 0 Å². The molecule has 1 heterocycles. The van der Waals surface area contributed by atoms with Gasteiger partial charge in [0.1, 0.15) is 5.82 Å². The van der Waals surface area contributed by atoms with Crippen molar-refractivity contribution in [3.8, 4) is 0 Å². The number of benzene rings is 1. The molecule has 0 saturated carbocycles. The quantitative estimate of drug-likeness (QED) is 0.488. The Kier molecular flexibility index (Phi) is 4.27. The summed E-state index contributed by atoms with van der Waals surface area (Å²) >= 11 is 1.26. The van der Waals surface area contributed by atoms with Crippen molar-refractivity contribution in [1.82, 2.24) is 9.97 Å². The van der Waals surface area contributed by atoms with Gasteiger partial charge >= 0.3 is 0 Å². The number of rotatable bonds is 4. The molecule has 0 atom stereocenters. The molecular formula is C14H13FN2OS. The van der Waals surface area contributed by atoms with Crippen molar-refractivity contribution >= 4 is 17.5 Å². The standard InChI is InChI=1S/C14H13FN2OS/c1-9-6-10(2)17-14(16-9)19-8-13(18)11-4-3-5-12(15)7-11/h3-7H,8H2,1-2H3. The number of nitrogens with zero attached hydrogens (tertiary/aromatic N) is 2. The van der Waals surface area contributed by atoms with E-state index in [1.165, 1.54) is 30.0 Å². The van der Waals surface area contributed by atoms with Gasteiger partial charge in [0.25, 0.3) is 0 Å². The lowest BCUT2D eigenvalue weighted by Crippen LogP contribution is -2.04. The van der Waals surface area contributed by atoms with Crippen molar-refractivity contribution < 1.29 is 9.18 Å². The minimum absolute atomic E-state index is 0.132.